The highest BCUT2D eigenvalue weighted by atomic mass is 19.4. The molecule has 0 fully saturated rings. The van der Waals surface area contributed by atoms with E-state index in [4.69, 9.17) is 10.8 Å². The summed E-state index contributed by atoms with van der Waals surface area (Å²) in [6.45, 7) is 2.31. The van der Waals surface area contributed by atoms with E-state index in [2.05, 4.69) is 5.32 Å². The van der Waals surface area contributed by atoms with E-state index in [9.17, 15) is 18.0 Å². The zero-order valence-corrected chi connectivity index (χ0v) is 9.27. The molecule has 0 radical (unpaired) electrons. The molecule has 0 aromatic heterocycles. The first-order valence-corrected chi connectivity index (χ1v) is 4.87. The topological polar surface area (TPSA) is 75.3 Å². The van der Waals surface area contributed by atoms with Gasteiger partial charge >= 0.3 is 6.18 Å². The maximum Gasteiger partial charge on any atom is 0.415 e. The Bertz CT molecular complexity index is 241. The molecule has 0 aliphatic rings. The highest BCUT2D eigenvalue weighted by Crippen LogP contribution is 2.27. The molecule has 0 spiro atoms. The van der Waals surface area contributed by atoms with Crippen molar-refractivity contribution in [3.63, 3.8) is 0 Å². The number of alkyl halides is 3. The van der Waals surface area contributed by atoms with Gasteiger partial charge in [-0.2, -0.15) is 13.2 Å². The fraction of sp³-hybridized carbons (Fsp3) is 0.889. The van der Waals surface area contributed by atoms with Gasteiger partial charge in [-0.15, -0.1) is 0 Å². The molecule has 16 heavy (non-hydrogen) atoms. The highest BCUT2D eigenvalue weighted by molar-refractivity contribution is 5.86. The molecule has 0 aliphatic heterocycles. The minimum Gasteiger partial charge on any atom is -0.396 e. The van der Waals surface area contributed by atoms with Crippen LogP contribution in [-0.4, -0.2) is 35.9 Å². The summed E-state index contributed by atoms with van der Waals surface area (Å²) >= 11 is 0. The van der Waals surface area contributed by atoms with Gasteiger partial charge in [0.1, 0.15) is 0 Å². The predicted molar refractivity (Wildman–Crippen MR) is 52.5 cm³/mol. The van der Waals surface area contributed by atoms with Crippen molar-refractivity contribution in [2.45, 2.75) is 32.0 Å². The van der Waals surface area contributed by atoms with Crippen LogP contribution >= 0.6 is 0 Å². The molecule has 0 aromatic rings. The maximum atomic E-state index is 12.3. The molecular formula is C9H17F3N2O2. The van der Waals surface area contributed by atoms with Crippen LogP contribution in [0, 0.1) is 5.92 Å². The van der Waals surface area contributed by atoms with E-state index in [0.717, 1.165) is 0 Å². The number of hydrogen-bond acceptors (Lipinski definition) is 3. The summed E-state index contributed by atoms with van der Waals surface area (Å²) in [6, 6.07) is 0. The van der Waals surface area contributed by atoms with Gasteiger partial charge < -0.3 is 16.2 Å². The Kier molecular flexibility index (Phi) is 5.21. The first-order valence-electron chi connectivity index (χ1n) is 4.87. The van der Waals surface area contributed by atoms with Crippen LogP contribution in [0.1, 0.15) is 20.3 Å². The van der Waals surface area contributed by atoms with E-state index in [1.165, 1.54) is 0 Å². The molecule has 4 N–H and O–H groups in total. The lowest BCUT2D eigenvalue weighted by atomic mass is 10.0. The smallest absolute Gasteiger partial charge is 0.396 e. The molecular weight excluding hydrogens is 225 g/mol. The molecule has 0 rings (SSSR count). The first kappa shape index (κ1) is 15.2. The Morgan fingerprint density at radius 3 is 2.38 bits per heavy atom. The number of aliphatic hydroxyl groups excluding tert-OH is 1. The molecule has 1 amide bonds. The fourth-order valence-electron chi connectivity index (χ4n) is 0.902. The van der Waals surface area contributed by atoms with E-state index >= 15 is 0 Å². The van der Waals surface area contributed by atoms with E-state index in [1.807, 2.05) is 0 Å². The molecule has 7 heteroatoms. The lowest BCUT2D eigenvalue weighted by Gasteiger charge is -2.26. The highest BCUT2D eigenvalue weighted by Gasteiger charge is 2.53. The third-order valence-electron chi connectivity index (χ3n) is 2.29. The monoisotopic (exact) mass is 242 g/mol. The molecule has 0 aromatic carbocycles. The van der Waals surface area contributed by atoms with Crippen molar-refractivity contribution in [1.29, 1.82) is 0 Å². The average molecular weight is 242 g/mol. The second-order valence-corrected chi connectivity index (χ2v) is 4.03. The number of rotatable bonds is 5. The number of amides is 1. The van der Waals surface area contributed by atoms with Crippen LogP contribution < -0.4 is 11.1 Å². The number of aliphatic hydroxyl groups is 1. The van der Waals surface area contributed by atoms with Crippen molar-refractivity contribution >= 4 is 5.91 Å². The largest absolute Gasteiger partial charge is 0.415 e. The van der Waals surface area contributed by atoms with Crippen molar-refractivity contribution < 1.29 is 23.1 Å². The number of carbonyl (C=O) groups excluding carboxylic acids is 1. The number of nitrogens with one attached hydrogen (secondary N) is 1. The Hall–Kier alpha value is -0.820. The molecule has 0 bridgehead atoms. The average Bonchev–Trinajstić information content (AvgIpc) is 2.12. The second kappa shape index (κ2) is 5.49. The Labute approximate surface area is 92.0 Å². The molecule has 96 valence electrons. The SMILES string of the molecule is CC(CCO)CNC(=O)C(C)(N)C(F)(F)F. The molecule has 0 aliphatic carbocycles. The summed E-state index contributed by atoms with van der Waals surface area (Å²) in [4.78, 5) is 11.2. The molecule has 2 atom stereocenters. The summed E-state index contributed by atoms with van der Waals surface area (Å²) in [5.74, 6) is -1.36. The summed E-state index contributed by atoms with van der Waals surface area (Å²) in [7, 11) is 0. The van der Waals surface area contributed by atoms with Gasteiger partial charge in [0.25, 0.3) is 0 Å². The number of hydrogen-bond donors (Lipinski definition) is 3. The number of carbonyl (C=O) groups is 1. The van der Waals surface area contributed by atoms with Crippen LogP contribution in [-0.2, 0) is 4.79 Å². The zero-order chi connectivity index (χ0) is 13.0. The van der Waals surface area contributed by atoms with E-state index in [0.29, 0.717) is 13.3 Å². The van der Waals surface area contributed by atoms with Gasteiger partial charge in [0.2, 0.25) is 5.91 Å². The van der Waals surface area contributed by atoms with Crippen LogP contribution in [0.2, 0.25) is 0 Å². The van der Waals surface area contributed by atoms with Gasteiger partial charge in [-0.05, 0) is 19.3 Å². The summed E-state index contributed by atoms with van der Waals surface area (Å²) in [5.41, 5.74) is 2.03. The summed E-state index contributed by atoms with van der Waals surface area (Å²) < 4.78 is 37.0. The van der Waals surface area contributed by atoms with E-state index in [-0.39, 0.29) is 19.1 Å². The van der Waals surface area contributed by atoms with Crippen LogP contribution in [0.4, 0.5) is 13.2 Å². The molecule has 4 nitrogen and oxygen atoms in total. The lowest BCUT2D eigenvalue weighted by molar-refractivity contribution is -0.187. The van der Waals surface area contributed by atoms with Gasteiger partial charge in [-0.25, -0.2) is 0 Å². The Morgan fingerprint density at radius 1 is 1.50 bits per heavy atom. The van der Waals surface area contributed by atoms with Gasteiger partial charge in [-0.3, -0.25) is 4.79 Å². The fourth-order valence-corrected chi connectivity index (χ4v) is 0.902. The van der Waals surface area contributed by atoms with Gasteiger partial charge in [-0.1, -0.05) is 6.92 Å². The van der Waals surface area contributed by atoms with Gasteiger partial charge in [0.15, 0.2) is 5.54 Å². The van der Waals surface area contributed by atoms with E-state index in [1.54, 1.807) is 6.92 Å². The van der Waals surface area contributed by atoms with Crippen LogP contribution in [0.5, 0.6) is 0 Å². The number of halogens is 3. The normalized spacial score (nSPS) is 17.7. The molecule has 0 heterocycles. The zero-order valence-electron chi connectivity index (χ0n) is 9.27. The predicted octanol–water partition coefficient (Wildman–Crippen LogP) is 0.401. The van der Waals surface area contributed by atoms with Crippen molar-refractivity contribution in [1.82, 2.24) is 5.32 Å². The Morgan fingerprint density at radius 2 is 2.00 bits per heavy atom. The van der Waals surface area contributed by atoms with Crippen LogP contribution in [0.25, 0.3) is 0 Å². The molecule has 0 saturated heterocycles. The van der Waals surface area contributed by atoms with Crippen molar-refractivity contribution in [2.75, 3.05) is 13.2 Å². The molecule has 0 saturated carbocycles. The van der Waals surface area contributed by atoms with Crippen LogP contribution in [0.3, 0.4) is 0 Å². The van der Waals surface area contributed by atoms with Crippen molar-refractivity contribution in [3.05, 3.63) is 0 Å². The standard InChI is InChI=1S/C9H17F3N2O2/c1-6(3-4-15)5-14-7(16)8(2,13)9(10,11)12/h6,15H,3-5,13H2,1-2H3,(H,14,16). The van der Waals surface area contributed by atoms with Crippen LogP contribution in [0.15, 0.2) is 0 Å². The molecule has 2 unspecified atom stereocenters. The third-order valence-corrected chi connectivity index (χ3v) is 2.29. The van der Waals surface area contributed by atoms with Gasteiger partial charge in [0, 0.05) is 13.2 Å². The second-order valence-electron chi connectivity index (χ2n) is 4.03. The quantitative estimate of drug-likeness (QED) is 0.653. The minimum atomic E-state index is -4.78. The van der Waals surface area contributed by atoms with Gasteiger partial charge in [0.05, 0.1) is 0 Å². The maximum absolute atomic E-state index is 12.3. The lowest BCUT2D eigenvalue weighted by Crippen LogP contribution is -2.61. The number of nitrogens with two attached hydrogens (primary N) is 1. The van der Waals surface area contributed by atoms with Crippen molar-refractivity contribution in [2.24, 2.45) is 11.7 Å². The summed E-state index contributed by atoms with van der Waals surface area (Å²) in [5, 5.41) is 10.7. The first-order chi connectivity index (χ1) is 7.13. The Balaban J connectivity index is 4.27. The third kappa shape index (κ3) is 3.97. The summed E-state index contributed by atoms with van der Waals surface area (Å²) in [6.07, 6.45) is -4.37. The minimum absolute atomic E-state index is 0.0578. The van der Waals surface area contributed by atoms with E-state index < -0.39 is 17.6 Å². The van der Waals surface area contributed by atoms with Crippen molar-refractivity contribution in [3.8, 4) is 0 Å².